The molecule has 21 heavy (non-hydrogen) atoms. The van der Waals surface area contributed by atoms with Crippen LogP contribution in [0.2, 0.25) is 0 Å². The molecule has 0 unspecified atom stereocenters. The van der Waals surface area contributed by atoms with E-state index in [2.05, 4.69) is 5.32 Å². The van der Waals surface area contributed by atoms with E-state index in [1.54, 1.807) is 12.1 Å². The molecule has 1 aromatic carbocycles. The highest BCUT2D eigenvalue weighted by atomic mass is 16.4. The predicted octanol–water partition coefficient (Wildman–Crippen LogP) is -0.158. The van der Waals surface area contributed by atoms with Gasteiger partial charge in [0.05, 0.1) is 6.04 Å². The van der Waals surface area contributed by atoms with Crippen molar-refractivity contribution in [1.82, 2.24) is 10.3 Å². The molecule has 1 aromatic rings. The molecule has 2 atom stereocenters. The number of phenols is 1. The Kier molecular flexibility index (Phi) is 4.77. The van der Waals surface area contributed by atoms with Crippen LogP contribution in [0.25, 0.3) is 0 Å². The Labute approximate surface area is 122 Å². The fourth-order valence-electron chi connectivity index (χ4n) is 2.39. The summed E-state index contributed by atoms with van der Waals surface area (Å²) in [6.45, 7) is 0.736. The molecule has 2 rings (SSSR count). The second-order valence-corrected chi connectivity index (χ2v) is 5.12. The minimum Gasteiger partial charge on any atom is -0.508 e. The topological polar surface area (TPSA) is 116 Å². The summed E-state index contributed by atoms with van der Waals surface area (Å²) < 4.78 is 0. The van der Waals surface area contributed by atoms with Crippen LogP contribution < -0.4 is 11.2 Å². The van der Waals surface area contributed by atoms with Crippen molar-refractivity contribution < 1.29 is 19.8 Å². The molecular formula is C14H19N3O4. The van der Waals surface area contributed by atoms with Crippen LogP contribution in [-0.4, -0.2) is 45.7 Å². The third kappa shape index (κ3) is 3.71. The lowest BCUT2D eigenvalue weighted by atomic mass is 10.0. The van der Waals surface area contributed by atoms with Crippen molar-refractivity contribution in [3.63, 3.8) is 0 Å². The number of aliphatic carboxylic acids is 1. The predicted molar refractivity (Wildman–Crippen MR) is 75.3 cm³/mol. The van der Waals surface area contributed by atoms with Gasteiger partial charge in [-0.05, 0) is 37.1 Å². The highest BCUT2D eigenvalue weighted by Crippen LogP contribution is 2.15. The molecule has 7 nitrogen and oxygen atoms in total. The Morgan fingerprint density at radius 1 is 1.38 bits per heavy atom. The Bertz CT molecular complexity index is 511. The number of nitrogens with zero attached hydrogens (tertiary/aromatic N) is 1. The molecule has 0 spiro atoms. The van der Waals surface area contributed by atoms with Gasteiger partial charge < -0.3 is 15.5 Å². The molecule has 1 heterocycles. The van der Waals surface area contributed by atoms with E-state index in [0.717, 1.165) is 18.0 Å². The van der Waals surface area contributed by atoms with Crippen LogP contribution in [0.15, 0.2) is 24.3 Å². The summed E-state index contributed by atoms with van der Waals surface area (Å²) >= 11 is 0. The third-order valence-corrected chi connectivity index (χ3v) is 3.60. The summed E-state index contributed by atoms with van der Waals surface area (Å²) in [5, 5.41) is 22.3. The standard InChI is InChI=1S/C14H19N3O4/c15-17(13(19)11-2-1-7-16-11)12(14(20)21)8-9-3-5-10(18)6-4-9/h3-6,11-12,16,18H,1-2,7-8,15H2,(H,20,21)/t11-,12-/m0/s1. The molecule has 7 heteroatoms. The maximum absolute atomic E-state index is 12.2. The molecule has 1 aliphatic rings. The van der Waals surface area contributed by atoms with E-state index in [9.17, 15) is 19.8 Å². The average molecular weight is 293 g/mol. The highest BCUT2D eigenvalue weighted by molar-refractivity contribution is 5.86. The van der Waals surface area contributed by atoms with E-state index >= 15 is 0 Å². The summed E-state index contributed by atoms with van der Waals surface area (Å²) in [7, 11) is 0. The van der Waals surface area contributed by atoms with Gasteiger partial charge in [0.15, 0.2) is 0 Å². The SMILES string of the molecule is NN(C(=O)[C@@H]1CCCN1)[C@@H](Cc1ccc(O)cc1)C(=O)O. The van der Waals surface area contributed by atoms with Crippen molar-refractivity contribution in [3.05, 3.63) is 29.8 Å². The molecule has 1 saturated heterocycles. The first-order valence-corrected chi connectivity index (χ1v) is 6.81. The first-order chi connectivity index (χ1) is 9.99. The van der Waals surface area contributed by atoms with Crippen LogP contribution in [0.1, 0.15) is 18.4 Å². The summed E-state index contributed by atoms with van der Waals surface area (Å²) in [4.78, 5) is 23.6. The van der Waals surface area contributed by atoms with E-state index in [1.165, 1.54) is 12.1 Å². The number of nitrogens with two attached hydrogens (primary N) is 1. The lowest BCUT2D eigenvalue weighted by Gasteiger charge is -2.26. The van der Waals surface area contributed by atoms with Crippen molar-refractivity contribution in [1.29, 1.82) is 0 Å². The lowest BCUT2D eigenvalue weighted by Crippen LogP contribution is -2.55. The molecule has 1 aliphatic heterocycles. The van der Waals surface area contributed by atoms with Crippen LogP contribution in [0.4, 0.5) is 0 Å². The quantitative estimate of drug-likeness (QED) is 0.341. The number of aromatic hydroxyl groups is 1. The van der Waals surface area contributed by atoms with Crippen LogP contribution >= 0.6 is 0 Å². The van der Waals surface area contributed by atoms with Crippen LogP contribution in [-0.2, 0) is 16.0 Å². The number of phenolic OH excluding ortho intramolecular Hbond substituents is 1. The summed E-state index contributed by atoms with van der Waals surface area (Å²) in [5.74, 6) is 4.27. The van der Waals surface area contributed by atoms with Crippen LogP contribution in [0, 0.1) is 0 Å². The number of carboxylic acids is 1. The van der Waals surface area contributed by atoms with Gasteiger partial charge in [-0.15, -0.1) is 0 Å². The largest absolute Gasteiger partial charge is 0.508 e. The zero-order valence-corrected chi connectivity index (χ0v) is 11.5. The maximum atomic E-state index is 12.2. The molecule has 0 saturated carbocycles. The molecule has 5 N–H and O–H groups in total. The minimum absolute atomic E-state index is 0.0879. The number of amides is 1. The van der Waals surface area contributed by atoms with E-state index in [0.29, 0.717) is 12.0 Å². The van der Waals surface area contributed by atoms with Gasteiger partial charge in [0.25, 0.3) is 5.91 Å². The zero-order valence-electron chi connectivity index (χ0n) is 11.5. The van der Waals surface area contributed by atoms with Gasteiger partial charge in [-0.2, -0.15) is 0 Å². The average Bonchev–Trinajstić information content (AvgIpc) is 2.99. The van der Waals surface area contributed by atoms with Crippen molar-refractivity contribution >= 4 is 11.9 Å². The van der Waals surface area contributed by atoms with Gasteiger partial charge in [-0.25, -0.2) is 10.6 Å². The van der Waals surface area contributed by atoms with E-state index in [4.69, 9.17) is 5.84 Å². The van der Waals surface area contributed by atoms with E-state index in [-0.39, 0.29) is 12.2 Å². The number of rotatable bonds is 5. The maximum Gasteiger partial charge on any atom is 0.328 e. The molecule has 114 valence electrons. The summed E-state index contributed by atoms with van der Waals surface area (Å²) in [5.41, 5.74) is 0.683. The van der Waals surface area contributed by atoms with Gasteiger partial charge in [-0.3, -0.25) is 9.80 Å². The molecule has 0 radical (unpaired) electrons. The van der Waals surface area contributed by atoms with Gasteiger partial charge in [0.1, 0.15) is 11.8 Å². The van der Waals surface area contributed by atoms with Gasteiger partial charge in [0, 0.05) is 6.42 Å². The lowest BCUT2D eigenvalue weighted by molar-refractivity contribution is -0.151. The molecule has 0 bridgehead atoms. The van der Waals surface area contributed by atoms with E-state index in [1.807, 2.05) is 0 Å². The fraction of sp³-hybridized carbons (Fsp3) is 0.429. The van der Waals surface area contributed by atoms with Gasteiger partial charge in [0.2, 0.25) is 0 Å². The molecule has 1 fully saturated rings. The number of hydrogen-bond donors (Lipinski definition) is 4. The van der Waals surface area contributed by atoms with Crippen molar-refractivity contribution in [3.8, 4) is 5.75 Å². The number of carbonyl (C=O) groups excluding carboxylic acids is 1. The fourth-order valence-corrected chi connectivity index (χ4v) is 2.39. The van der Waals surface area contributed by atoms with Crippen LogP contribution in [0.3, 0.4) is 0 Å². The number of hydrazine groups is 1. The normalized spacial score (nSPS) is 19.2. The number of carbonyl (C=O) groups is 2. The Morgan fingerprint density at radius 3 is 2.57 bits per heavy atom. The Hall–Kier alpha value is -2.12. The van der Waals surface area contributed by atoms with E-state index < -0.39 is 24.0 Å². The second kappa shape index (κ2) is 6.55. The summed E-state index contributed by atoms with van der Waals surface area (Å²) in [6, 6.07) is 4.61. The number of benzene rings is 1. The number of carboxylic acid groups (broad SMARTS) is 1. The van der Waals surface area contributed by atoms with Crippen molar-refractivity contribution in [2.24, 2.45) is 5.84 Å². The molecular weight excluding hydrogens is 274 g/mol. The number of hydrogen-bond acceptors (Lipinski definition) is 5. The number of nitrogens with one attached hydrogen (secondary N) is 1. The van der Waals surface area contributed by atoms with Crippen molar-refractivity contribution in [2.45, 2.75) is 31.3 Å². The third-order valence-electron chi connectivity index (χ3n) is 3.60. The van der Waals surface area contributed by atoms with Crippen molar-refractivity contribution in [2.75, 3.05) is 6.54 Å². The molecule has 0 aromatic heterocycles. The molecule has 0 aliphatic carbocycles. The Balaban J connectivity index is 2.08. The van der Waals surface area contributed by atoms with Gasteiger partial charge in [-0.1, -0.05) is 12.1 Å². The van der Waals surface area contributed by atoms with Crippen LogP contribution in [0.5, 0.6) is 5.75 Å². The second-order valence-electron chi connectivity index (χ2n) is 5.12. The van der Waals surface area contributed by atoms with Gasteiger partial charge >= 0.3 is 5.97 Å². The Morgan fingerprint density at radius 2 is 2.05 bits per heavy atom. The first-order valence-electron chi connectivity index (χ1n) is 6.81. The summed E-state index contributed by atoms with van der Waals surface area (Å²) in [6.07, 6.45) is 1.63. The minimum atomic E-state index is -1.16. The highest BCUT2D eigenvalue weighted by Gasteiger charge is 2.33. The first kappa shape index (κ1) is 15.3. The smallest absolute Gasteiger partial charge is 0.328 e. The zero-order chi connectivity index (χ0) is 15.4. The monoisotopic (exact) mass is 293 g/mol. The molecule has 1 amide bonds.